The van der Waals surface area contributed by atoms with Crippen LogP contribution in [0.5, 0.6) is 0 Å². The molecular weight excluding hydrogens is 937 g/mol. The van der Waals surface area contributed by atoms with Crippen molar-refractivity contribution >= 4 is 312 Å². The highest BCUT2D eigenvalue weighted by Gasteiger charge is 2.70. The maximum absolute atomic E-state index is 13.7. The summed E-state index contributed by atoms with van der Waals surface area (Å²) in [5.41, 5.74) is 7.85. The Morgan fingerprint density at radius 2 is 0.472 bits per heavy atom. The van der Waals surface area contributed by atoms with Gasteiger partial charge in [0, 0.05) is 9.89 Å². The van der Waals surface area contributed by atoms with E-state index < -0.39 is 16.9 Å². The van der Waals surface area contributed by atoms with Crippen molar-refractivity contribution in [3.05, 3.63) is 62.6 Å². The van der Waals surface area contributed by atoms with Crippen LogP contribution in [-0.2, 0) is 10.8 Å². The van der Waals surface area contributed by atoms with Gasteiger partial charge in [-0.25, -0.2) is 0 Å². The predicted octanol–water partition coefficient (Wildman–Crippen LogP) is 18.9. The van der Waals surface area contributed by atoms with E-state index in [0.29, 0.717) is 6.42 Å². The van der Waals surface area contributed by atoms with Crippen molar-refractivity contribution in [1.82, 2.24) is 0 Å². The summed E-state index contributed by atoms with van der Waals surface area (Å²) >= 11 is 3.82. The molecule has 1 unspecified atom stereocenters. The van der Waals surface area contributed by atoms with Crippen LogP contribution in [0.25, 0.3) is 296 Å². The van der Waals surface area contributed by atoms with Crippen molar-refractivity contribution in [2.24, 2.45) is 0 Å². The molecule has 2 spiro atoms. The van der Waals surface area contributed by atoms with Gasteiger partial charge in [0.2, 0.25) is 0 Å². The van der Waals surface area contributed by atoms with E-state index in [1.54, 1.807) is 313 Å². The van der Waals surface area contributed by atoms with Crippen molar-refractivity contribution in [3.63, 3.8) is 0 Å². The van der Waals surface area contributed by atoms with Crippen molar-refractivity contribution in [2.45, 2.75) is 23.4 Å². The van der Waals surface area contributed by atoms with Gasteiger partial charge in [-0.1, -0.05) is 34.1 Å². The lowest BCUT2D eigenvalue weighted by molar-refractivity contribution is 0.164. The predicted molar refractivity (Wildman–Crippen MR) is 307 cm³/mol. The molecule has 0 aliphatic heterocycles. The largest absolute Gasteiger partial charge is 0.388 e. The summed E-state index contributed by atoms with van der Waals surface area (Å²) in [4.78, 5) is 0. The number of halogens is 1. The van der Waals surface area contributed by atoms with Crippen molar-refractivity contribution < 1.29 is 5.11 Å². The van der Waals surface area contributed by atoms with Gasteiger partial charge in [-0.15, -0.1) is 0 Å². The molecule has 0 aromatic heterocycles. The Labute approximate surface area is 400 Å². The zero-order valence-electron chi connectivity index (χ0n) is 36.5. The zero-order valence-corrected chi connectivity index (χ0v) is 38.1. The molecule has 0 bridgehead atoms. The van der Waals surface area contributed by atoms with Crippen LogP contribution in [0.15, 0.2) is 34.8 Å². The maximum Gasteiger partial charge on any atom is 0.0805 e. The first-order chi connectivity index (χ1) is 35.7. The third-order valence-electron chi connectivity index (χ3n) is 26.0. The third-order valence-corrected chi connectivity index (χ3v) is 26.5. The lowest BCUT2D eigenvalue weighted by Gasteiger charge is -2.56. The van der Waals surface area contributed by atoms with E-state index in [1.165, 1.54) is 0 Å². The molecule has 72 heavy (non-hydrogen) atoms. The Bertz CT molecular complexity index is 7330. The Morgan fingerprint density at radius 3 is 0.694 bits per heavy atom. The van der Waals surface area contributed by atoms with Gasteiger partial charge < -0.3 is 5.11 Å². The summed E-state index contributed by atoms with van der Waals surface area (Å²) < 4.78 is 1.09. The van der Waals surface area contributed by atoms with E-state index in [1.807, 2.05) is 0 Å². The Morgan fingerprint density at radius 1 is 0.278 bits per heavy atom. The Balaban J connectivity index is 1.15. The molecule has 0 radical (unpaired) electrons. The average Bonchev–Trinajstić information content (AvgIpc) is 4.30. The van der Waals surface area contributed by atoms with Gasteiger partial charge in [0.25, 0.3) is 0 Å². The molecule has 29 aromatic carbocycles. The van der Waals surface area contributed by atoms with Gasteiger partial charge in [0.1, 0.15) is 0 Å². The van der Waals surface area contributed by atoms with Gasteiger partial charge in [0.05, 0.1) is 11.5 Å². The molecule has 1 nitrogen and oxygen atoms in total. The molecule has 1 N–H and O–H groups in total. The number of rotatable bonds is 1. The van der Waals surface area contributed by atoms with E-state index >= 15 is 0 Å². The van der Waals surface area contributed by atoms with Crippen molar-refractivity contribution in [1.29, 1.82) is 0 Å². The highest BCUT2D eigenvalue weighted by Crippen LogP contribution is 2.85. The summed E-state index contributed by atoms with van der Waals surface area (Å²) in [5.74, 6) is 0. The minimum atomic E-state index is -0.624. The lowest BCUT2D eigenvalue weighted by Crippen LogP contribution is -2.55. The molecule has 5 aliphatic carbocycles. The molecule has 0 fully saturated rings. The topological polar surface area (TPSA) is 20.2 Å². The van der Waals surface area contributed by atoms with Crippen LogP contribution in [0.3, 0.4) is 0 Å². The second-order valence-electron chi connectivity index (χ2n) is 26.3. The number of allylic oxidation sites excluding steroid dienone is 1. The number of aliphatic hydroxyl groups is 1. The van der Waals surface area contributed by atoms with Crippen LogP contribution in [0.1, 0.15) is 34.2 Å². The van der Waals surface area contributed by atoms with E-state index in [9.17, 15) is 5.11 Å². The van der Waals surface area contributed by atoms with E-state index in [0.717, 1.165) is 15.6 Å². The van der Waals surface area contributed by atoms with Crippen molar-refractivity contribution in [3.8, 4) is 0 Å². The van der Waals surface area contributed by atoms with Gasteiger partial charge >= 0.3 is 0 Å². The van der Waals surface area contributed by atoms with Crippen LogP contribution >= 0.6 is 15.9 Å². The molecule has 5 aliphatic rings. The van der Waals surface area contributed by atoms with Crippen LogP contribution < -0.4 is 0 Å². The third kappa shape index (κ3) is 1.48. The summed E-state index contributed by atoms with van der Waals surface area (Å²) in [5, 5.41) is 101. The molecule has 29 aromatic rings. The van der Waals surface area contributed by atoms with Gasteiger partial charge in [-0.05, 0) is 343 Å². The maximum atomic E-state index is 13.7. The minimum Gasteiger partial charge on any atom is -0.388 e. The first-order valence-electron chi connectivity index (χ1n) is 26.6. The van der Waals surface area contributed by atoms with Crippen LogP contribution in [0, 0.1) is 0 Å². The molecule has 34 rings (SSSR count). The second-order valence-corrected chi connectivity index (χ2v) is 27.2. The monoisotopic (exact) mass is 944 g/mol. The standard InChI is InChI=1S/C70H9BrO/c71-8-3-1-7(2-4-8)9-5-69-65-57-49-39-29-21-13-11-12-15-19-17(13)25-33-27(19)37-31-23(15)24-16(12)20-18-14(11)22(21)30-36-26(18)34-28(20)38-32(24)42-41(31)51-45(37)55-47(33)53(43(49)35(25)29)59(65)63(55)67-61(51)62-52(42)46(38)56-48(34)54-44(36)50(40(30)39)58(57)66(69)60(54)64(56)68(62)70(67,69)6-10(9)72/h1-5,10,72H,6H2. The van der Waals surface area contributed by atoms with Crippen LogP contribution in [-0.4, -0.2) is 11.2 Å². The van der Waals surface area contributed by atoms with Crippen LogP contribution in [0.2, 0.25) is 0 Å². The van der Waals surface area contributed by atoms with Crippen molar-refractivity contribution in [2.75, 3.05) is 0 Å². The highest BCUT2D eigenvalue weighted by atomic mass is 79.9. The lowest BCUT2D eigenvalue weighted by atomic mass is 9.44. The normalized spacial score (nSPS) is 23.4. The zero-order chi connectivity index (χ0) is 43.0. The molecule has 0 amide bonds. The minimum absolute atomic E-state index is 0.476. The summed E-state index contributed by atoms with van der Waals surface area (Å²) in [6.45, 7) is 0. The fraction of sp³-hybridized carbons (Fsp3) is 0.0571. The van der Waals surface area contributed by atoms with Gasteiger partial charge in [-0.3, -0.25) is 0 Å². The fourth-order valence-corrected chi connectivity index (χ4v) is 26.0. The highest BCUT2D eigenvalue weighted by molar-refractivity contribution is 9.10. The van der Waals surface area contributed by atoms with E-state index in [2.05, 4.69) is 46.3 Å². The Hall–Kier alpha value is -8.14. The first kappa shape index (κ1) is 27.5. The summed E-state index contributed by atoms with van der Waals surface area (Å²) in [6, 6.07) is 9.00. The molecular formula is C70H9BrO. The fourth-order valence-electron chi connectivity index (χ4n) is 25.7. The molecule has 0 saturated heterocycles. The second kappa shape index (κ2) is 6.27. The molecule has 1 atom stereocenters. The molecule has 0 heterocycles. The number of hydrogen-bond acceptors (Lipinski definition) is 1. The van der Waals surface area contributed by atoms with Crippen LogP contribution in [0.4, 0.5) is 0 Å². The summed E-state index contributed by atoms with van der Waals surface area (Å²) in [7, 11) is 0. The van der Waals surface area contributed by atoms with E-state index in [4.69, 9.17) is 0 Å². The van der Waals surface area contributed by atoms with Gasteiger partial charge in [-0.2, -0.15) is 0 Å². The number of aliphatic hydroxyl groups excluding tert-OH is 1. The quantitative estimate of drug-likeness (QED) is 0.163. The average molecular weight is 946 g/mol. The Kier molecular flexibility index (Phi) is 2.39. The van der Waals surface area contributed by atoms with E-state index in [-0.39, 0.29) is 0 Å². The first-order valence-corrected chi connectivity index (χ1v) is 27.4. The number of benzene rings is 19. The smallest absolute Gasteiger partial charge is 0.0805 e. The van der Waals surface area contributed by atoms with Gasteiger partial charge in [0.15, 0.2) is 0 Å². The molecule has 0 saturated carbocycles. The SMILES string of the molecule is OC1CC23c4c5c6c7c8c9c(c%10c%11c2c2c4c4c%12c5c5c6c6c8c8c%13c9c9c%10c%10c%11c%11c2c2c4c4c%12c%12c5c5c6c8c6c8c%13c9c9c%10c%10c%11c2c2c4c4c%12c5c6c5c8c9c%10c2c45)C73C=C1c1ccc(Br)cc1. The molecule has 302 valence electrons. The molecule has 2 heteroatoms. The number of hydrogen-bond donors (Lipinski definition) is 1. The summed E-state index contributed by atoms with van der Waals surface area (Å²) in [6.07, 6.45) is 2.88.